The minimum atomic E-state index is 0.0623. The lowest BCUT2D eigenvalue weighted by atomic mass is 10.1. The lowest BCUT2D eigenvalue weighted by molar-refractivity contribution is -0.124. The average molecular weight is 225 g/mol. The van der Waals surface area contributed by atoms with Gasteiger partial charge in [-0.15, -0.1) is 0 Å². The fraction of sp³-hybridized carbons (Fsp3) is 0.917. The molecule has 0 saturated carbocycles. The largest absolute Gasteiger partial charge is 0.355 e. The van der Waals surface area contributed by atoms with Gasteiger partial charge < -0.3 is 15.5 Å². The number of nitrogens with zero attached hydrogens (tertiary/aromatic N) is 1. The summed E-state index contributed by atoms with van der Waals surface area (Å²) in [6.45, 7) is 5.54. The highest BCUT2D eigenvalue weighted by molar-refractivity contribution is 5.82. The van der Waals surface area contributed by atoms with Crippen molar-refractivity contribution in [2.75, 3.05) is 32.7 Å². The van der Waals surface area contributed by atoms with E-state index in [-0.39, 0.29) is 11.9 Å². The summed E-state index contributed by atoms with van der Waals surface area (Å²) in [6, 6.07) is 0.0623. The molecule has 2 N–H and O–H groups in total. The standard InChI is InChI=1S/C12H23N3O/c16-12-11(5-3-6-14-12)13-7-4-10-15-8-1-2-9-15/h11,13H,1-10H2,(H,14,16). The van der Waals surface area contributed by atoms with E-state index < -0.39 is 0 Å². The first-order chi connectivity index (χ1) is 7.86. The third kappa shape index (κ3) is 3.46. The zero-order chi connectivity index (χ0) is 11.2. The van der Waals surface area contributed by atoms with Crippen molar-refractivity contribution in [1.29, 1.82) is 0 Å². The molecule has 0 aromatic rings. The van der Waals surface area contributed by atoms with Crippen molar-refractivity contribution in [3.63, 3.8) is 0 Å². The Hall–Kier alpha value is -0.610. The van der Waals surface area contributed by atoms with Crippen LogP contribution in [0.25, 0.3) is 0 Å². The van der Waals surface area contributed by atoms with Crippen LogP contribution in [0.5, 0.6) is 0 Å². The lowest BCUT2D eigenvalue weighted by Gasteiger charge is -2.23. The summed E-state index contributed by atoms with van der Waals surface area (Å²) < 4.78 is 0. The minimum absolute atomic E-state index is 0.0623. The molecule has 2 fully saturated rings. The van der Waals surface area contributed by atoms with Crippen LogP contribution in [0.2, 0.25) is 0 Å². The predicted octanol–water partition coefficient (Wildman–Crippen LogP) is 0.341. The van der Waals surface area contributed by atoms with E-state index >= 15 is 0 Å². The van der Waals surface area contributed by atoms with Gasteiger partial charge in [0.05, 0.1) is 6.04 Å². The summed E-state index contributed by atoms with van der Waals surface area (Å²) in [5.74, 6) is 0.187. The third-order valence-electron chi connectivity index (χ3n) is 3.53. The summed E-state index contributed by atoms with van der Waals surface area (Å²) in [5, 5.41) is 6.26. The molecule has 0 bridgehead atoms. The number of amides is 1. The maximum atomic E-state index is 11.5. The van der Waals surface area contributed by atoms with Gasteiger partial charge in [-0.1, -0.05) is 0 Å². The number of rotatable bonds is 5. The number of carbonyl (C=O) groups excluding carboxylic acids is 1. The van der Waals surface area contributed by atoms with Gasteiger partial charge in [0.25, 0.3) is 0 Å². The van der Waals surface area contributed by atoms with Gasteiger partial charge in [0.15, 0.2) is 0 Å². The number of hydrogen-bond acceptors (Lipinski definition) is 3. The molecule has 92 valence electrons. The highest BCUT2D eigenvalue weighted by Gasteiger charge is 2.20. The van der Waals surface area contributed by atoms with Crippen molar-refractivity contribution in [2.24, 2.45) is 0 Å². The second-order valence-electron chi connectivity index (χ2n) is 4.84. The van der Waals surface area contributed by atoms with Crippen molar-refractivity contribution in [2.45, 2.75) is 38.1 Å². The van der Waals surface area contributed by atoms with Gasteiger partial charge in [-0.25, -0.2) is 0 Å². The molecule has 0 aromatic carbocycles. The summed E-state index contributed by atoms with van der Waals surface area (Å²) in [5.41, 5.74) is 0. The minimum Gasteiger partial charge on any atom is -0.355 e. The smallest absolute Gasteiger partial charge is 0.237 e. The highest BCUT2D eigenvalue weighted by atomic mass is 16.2. The van der Waals surface area contributed by atoms with E-state index in [1.807, 2.05) is 0 Å². The van der Waals surface area contributed by atoms with E-state index in [1.54, 1.807) is 0 Å². The fourth-order valence-corrected chi connectivity index (χ4v) is 2.55. The normalized spacial score (nSPS) is 27.0. The van der Waals surface area contributed by atoms with Gasteiger partial charge in [-0.05, 0) is 58.3 Å². The van der Waals surface area contributed by atoms with Crippen molar-refractivity contribution < 1.29 is 4.79 Å². The van der Waals surface area contributed by atoms with Crippen LogP contribution in [-0.4, -0.2) is 49.6 Å². The molecule has 2 heterocycles. The number of nitrogens with one attached hydrogen (secondary N) is 2. The van der Waals surface area contributed by atoms with Gasteiger partial charge >= 0.3 is 0 Å². The van der Waals surface area contributed by atoms with Gasteiger partial charge in [-0.2, -0.15) is 0 Å². The van der Waals surface area contributed by atoms with Crippen molar-refractivity contribution in [3.8, 4) is 0 Å². The second-order valence-corrected chi connectivity index (χ2v) is 4.84. The van der Waals surface area contributed by atoms with E-state index in [9.17, 15) is 4.79 Å². The quantitative estimate of drug-likeness (QED) is 0.663. The molecule has 0 spiro atoms. The van der Waals surface area contributed by atoms with Crippen molar-refractivity contribution in [1.82, 2.24) is 15.5 Å². The summed E-state index contributed by atoms with van der Waals surface area (Å²) in [4.78, 5) is 14.0. The van der Waals surface area contributed by atoms with Crippen LogP contribution in [0, 0.1) is 0 Å². The van der Waals surface area contributed by atoms with Crippen LogP contribution in [0.1, 0.15) is 32.1 Å². The monoisotopic (exact) mass is 225 g/mol. The number of likely N-dealkylation sites (tertiary alicyclic amines) is 1. The maximum Gasteiger partial charge on any atom is 0.237 e. The van der Waals surface area contributed by atoms with Gasteiger partial charge in [0.1, 0.15) is 0 Å². The molecule has 1 atom stereocenters. The van der Waals surface area contributed by atoms with Crippen molar-refractivity contribution in [3.05, 3.63) is 0 Å². The Balaban J connectivity index is 1.54. The molecule has 2 saturated heterocycles. The van der Waals surface area contributed by atoms with Crippen LogP contribution in [0.15, 0.2) is 0 Å². The molecule has 2 rings (SSSR count). The zero-order valence-electron chi connectivity index (χ0n) is 10.0. The summed E-state index contributed by atoms with van der Waals surface area (Å²) in [7, 11) is 0. The summed E-state index contributed by atoms with van der Waals surface area (Å²) >= 11 is 0. The second kappa shape index (κ2) is 6.21. The fourth-order valence-electron chi connectivity index (χ4n) is 2.55. The highest BCUT2D eigenvalue weighted by Crippen LogP contribution is 2.07. The first kappa shape index (κ1) is 11.9. The van der Waals surface area contributed by atoms with Gasteiger partial charge in [0.2, 0.25) is 5.91 Å². The number of carbonyl (C=O) groups is 1. The van der Waals surface area contributed by atoms with E-state index in [2.05, 4.69) is 15.5 Å². The Morgan fingerprint density at radius 1 is 1.31 bits per heavy atom. The van der Waals surface area contributed by atoms with Crippen LogP contribution >= 0.6 is 0 Å². The third-order valence-corrected chi connectivity index (χ3v) is 3.53. The molecule has 16 heavy (non-hydrogen) atoms. The molecule has 2 aliphatic heterocycles. The van der Waals surface area contributed by atoms with E-state index in [4.69, 9.17) is 0 Å². The van der Waals surface area contributed by atoms with E-state index in [0.29, 0.717) is 0 Å². The van der Waals surface area contributed by atoms with Gasteiger partial charge in [-0.3, -0.25) is 4.79 Å². The SMILES string of the molecule is O=C1NCCCC1NCCCN1CCCC1. The predicted molar refractivity (Wildman–Crippen MR) is 64.3 cm³/mol. The Morgan fingerprint density at radius 2 is 2.12 bits per heavy atom. The Morgan fingerprint density at radius 3 is 2.88 bits per heavy atom. The summed E-state index contributed by atoms with van der Waals surface area (Å²) in [6.07, 6.45) is 5.98. The maximum absolute atomic E-state index is 11.5. The van der Waals surface area contributed by atoms with Crippen LogP contribution in [-0.2, 0) is 4.79 Å². The Kier molecular flexibility index (Phi) is 4.60. The number of hydrogen-bond donors (Lipinski definition) is 2. The van der Waals surface area contributed by atoms with Crippen LogP contribution in [0.3, 0.4) is 0 Å². The lowest BCUT2D eigenvalue weighted by Crippen LogP contribution is -2.48. The van der Waals surface area contributed by atoms with E-state index in [0.717, 1.165) is 32.4 Å². The molecular weight excluding hydrogens is 202 g/mol. The van der Waals surface area contributed by atoms with Gasteiger partial charge in [0, 0.05) is 6.54 Å². The molecule has 1 unspecified atom stereocenters. The molecule has 4 nitrogen and oxygen atoms in total. The number of piperidine rings is 1. The molecule has 0 aromatic heterocycles. The average Bonchev–Trinajstić information content (AvgIpc) is 2.79. The molecule has 0 aliphatic carbocycles. The first-order valence-electron chi connectivity index (χ1n) is 6.60. The van der Waals surface area contributed by atoms with Crippen LogP contribution in [0.4, 0.5) is 0 Å². The van der Waals surface area contributed by atoms with E-state index in [1.165, 1.54) is 32.5 Å². The Bertz CT molecular complexity index is 226. The Labute approximate surface area is 97.8 Å². The molecule has 1 amide bonds. The molecule has 2 aliphatic rings. The van der Waals surface area contributed by atoms with Crippen molar-refractivity contribution >= 4 is 5.91 Å². The topological polar surface area (TPSA) is 44.4 Å². The molecule has 4 heteroatoms. The first-order valence-corrected chi connectivity index (χ1v) is 6.60. The zero-order valence-corrected chi connectivity index (χ0v) is 10.0. The molecular formula is C12H23N3O. The van der Waals surface area contributed by atoms with Crippen LogP contribution < -0.4 is 10.6 Å². The molecule has 0 radical (unpaired) electrons.